The van der Waals surface area contributed by atoms with Crippen molar-refractivity contribution in [2.75, 3.05) is 11.9 Å². The van der Waals surface area contributed by atoms with Gasteiger partial charge in [-0.1, -0.05) is 19.6 Å². The second-order valence-electron chi connectivity index (χ2n) is 3.60. The van der Waals surface area contributed by atoms with E-state index in [0.29, 0.717) is 17.2 Å². The quantitative estimate of drug-likeness (QED) is 0.642. The Kier molecular flexibility index (Phi) is 6.01. The highest BCUT2D eigenvalue weighted by atomic mass is 32.1. The average Bonchev–Trinajstić information content (AvgIpc) is 2.81. The van der Waals surface area contributed by atoms with Crippen LogP contribution < -0.4 is 5.32 Å². The number of carbonyl (C=O) groups is 2. The number of carbonyl (C=O) groups excluding carboxylic acids is 2. The number of rotatable bonds is 6. The maximum atomic E-state index is 11.3. The summed E-state index contributed by atoms with van der Waals surface area (Å²) in [6.07, 6.45) is 1.10. The molecule has 1 amide bonds. The number of amides is 1. The molecule has 7 heteroatoms. The van der Waals surface area contributed by atoms with Crippen LogP contribution in [0.3, 0.4) is 0 Å². The fraction of sp³-hybridized carbons (Fsp3) is 0.417. The van der Waals surface area contributed by atoms with Gasteiger partial charge in [0.1, 0.15) is 12.7 Å². The van der Waals surface area contributed by atoms with Crippen molar-refractivity contribution in [3.63, 3.8) is 0 Å². The van der Waals surface area contributed by atoms with Crippen LogP contribution in [0, 0.1) is 0 Å². The summed E-state index contributed by atoms with van der Waals surface area (Å²) >= 11 is 1.24. The molecule has 0 aromatic carbocycles. The molecule has 1 unspecified atom stereocenters. The summed E-state index contributed by atoms with van der Waals surface area (Å²) < 4.78 is 9.89. The third kappa shape index (κ3) is 5.09. The predicted molar refractivity (Wildman–Crippen MR) is 72.1 cm³/mol. The minimum absolute atomic E-state index is 0.134. The number of nitrogens with one attached hydrogen (secondary N) is 1. The molecule has 1 aromatic heterocycles. The van der Waals surface area contributed by atoms with Crippen molar-refractivity contribution in [2.45, 2.75) is 26.4 Å². The normalized spacial score (nSPS) is 11.5. The van der Waals surface area contributed by atoms with E-state index < -0.39 is 12.2 Å². The van der Waals surface area contributed by atoms with Gasteiger partial charge in [-0.2, -0.15) is 0 Å². The Labute approximate surface area is 115 Å². The number of thiazole rings is 1. The molecule has 0 aliphatic heterocycles. The first-order valence-electron chi connectivity index (χ1n) is 5.74. The molecule has 19 heavy (non-hydrogen) atoms. The van der Waals surface area contributed by atoms with Crippen molar-refractivity contribution in [1.29, 1.82) is 0 Å². The highest BCUT2D eigenvalue weighted by molar-refractivity contribution is 7.13. The Morgan fingerprint density at radius 2 is 2.37 bits per heavy atom. The zero-order valence-corrected chi connectivity index (χ0v) is 11.7. The molecule has 0 fully saturated rings. The van der Waals surface area contributed by atoms with Crippen molar-refractivity contribution in [3.8, 4) is 0 Å². The van der Waals surface area contributed by atoms with Crippen LogP contribution in [0.25, 0.3) is 0 Å². The van der Waals surface area contributed by atoms with Crippen molar-refractivity contribution < 1.29 is 19.1 Å². The Hall–Kier alpha value is -1.89. The second kappa shape index (κ2) is 7.52. The molecule has 0 spiro atoms. The molecule has 0 aliphatic carbocycles. The van der Waals surface area contributed by atoms with Crippen LogP contribution in [0.1, 0.15) is 32.1 Å². The maximum Gasteiger partial charge on any atom is 0.413 e. The van der Waals surface area contributed by atoms with Crippen LogP contribution in [0.2, 0.25) is 0 Å². The lowest BCUT2D eigenvalue weighted by molar-refractivity contribution is -0.147. The second-order valence-corrected chi connectivity index (χ2v) is 4.45. The summed E-state index contributed by atoms with van der Waals surface area (Å²) in [5.74, 6) is -0.361. The van der Waals surface area contributed by atoms with Gasteiger partial charge in [0.25, 0.3) is 0 Å². The van der Waals surface area contributed by atoms with Crippen LogP contribution in [0.5, 0.6) is 0 Å². The Bertz CT molecular complexity index is 458. The first-order chi connectivity index (χ1) is 9.06. The van der Waals surface area contributed by atoms with Gasteiger partial charge in [0.05, 0.1) is 5.69 Å². The van der Waals surface area contributed by atoms with Crippen LogP contribution in [-0.2, 0) is 14.3 Å². The van der Waals surface area contributed by atoms with Crippen molar-refractivity contribution in [2.24, 2.45) is 0 Å². The monoisotopic (exact) mass is 284 g/mol. The first-order valence-corrected chi connectivity index (χ1v) is 6.62. The van der Waals surface area contributed by atoms with E-state index in [4.69, 9.17) is 9.47 Å². The molecule has 1 N–H and O–H groups in total. The van der Waals surface area contributed by atoms with E-state index in [9.17, 15) is 9.59 Å². The number of aromatic nitrogens is 1. The van der Waals surface area contributed by atoms with Crippen LogP contribution >= 0.6 is 11.3 Å². The van der Waals surface area contributed by atoms with Crippen molar-refractivity contribution >= 4 is 28.5 Å². The number of hydrogen-bond donors (Lipinski definition) is 1. The summed E-state index contributed by atoms with van der Waals surface area (Å²) in [6, 6.07) is 0. The maximum absolute atomic E-state index is 11.3. The molecule has 0 saturated heterocycles. The van der Waals surface area contributed by atoms with E-state index in [0.717, 1.165) is 0 Å². The van der Waals surface area contributed by atoms with E-state index >= 15 is 0 Å². The smallest absolute Gasteiger partial charge is 0.413 e. The molecular formula is C12H16N2O4S. The van der Waals surface area contributed by atoms with E-state index in [2.05, 4.69) is 16.9 Å². The zero-order valence-electron chi connectivity index (χ0n) is 10.8. The summed E-state index contributed by atoms with van der Waals surface area (Å²) in [5, 5.41) is 4.62. The van der Waals surface area contributed by atoms with E-state index in [-0.39, 0.29) is 12.6 Å². The first kappa shape index (κ1) is 15.2. The van der Waals surface area contributed by atoms with Gasteiger partial charge >= 0.3 is 12.1 Å². The molecule has 104 valence electrons. The fourth-order valence-corrected chi connectivity index (χ4v) is 2.04. The van der Waals surface area contributed by atoms with Crippen LogP contribution in [0.4, 0.5) is 9.93 Å². The summed E-state index contributed by atoms with van der Waals surface area (Å²) in [4.78, 5) is 26.4. The van der Waals surface area contributed by atoms with Gasteiger partial charge in [-0.15, -0.1) is 11.3 Å². The van der Waals surface area contributed by atoms with Crippen molar-refractivity contribution in [1.82, 2.24) is 4.98 Å². The van der Waals surface area contributed by atoms with Gasteiger partial charge in [-0.3, -0.25) is 10.1 Å². The van der Waals surface area contributed by atoms with Gasteiger partial charge in [0.15, 0.2) is 5.13 Å². The molecule has 0 aliphatic rings. The third-order valence-electron chi connectivity index (χ3n) is 2.07. The molecule has 0 bridgehead atoms. The molecule has 6 nitrogen and oxygen atoms in total. The zero-order chi connectivity index (χ0) is 14.3. The minimum Gasteiger partial charge on any atom is -0.456 e. The lowest BCUT2D eigenvalue weighted by Crippen LogP contribution is -2.14. The lowest BCUT2D eigenvalue weighted by Gasteiger charge is -2.11. The minimum atomic E-state index is -0.596. The van der Waals surface area contributed by atoms with E-state index in [1.54, 1.807) is 5.38 Å². The largest absolute Gasteiger partial charge is 0.456 e. The Balaban J connectivity index is 2.62. The molecule has 0 saturated carbocycles. The molecule has 1 rings (SSSR count). The number of ether oxygens (including phenoxy) is 2. The third-order valence-corrected chi connectivity index (χ3v) is 2.85. The van der Waals surface area contributed by atoms with Gasteiger partial charge in [-0.25, -0.2) is 9.78 Å². The summed E-state index contributed by atoms with van der Waals surface area (Å²) in [6.45, 7) is 6.81. The topological polar surface area (TPSA) is 77.5 Å². The molecule has 1 atom stereocenters. The lowest BCUT2D eigenvalue weighted by atomic mass is 10.2. The Morgan fingerprint density at radius 3 is 2.95 bits per heavy atom. The van der Waals surface area contributed by atoms with Crippen LogP contribution in [-0.4, -0.2) is 23.7 Å². The number of anilines is 1. The van der Waals surface area contributed by atoms with Gasteiger partial charge < -0.3 is 9.47 Å². The number of hydrogen-bond acceptors (Lipinski definition) is 6. The summed E-state index contributed by atoms with van der Waals surface area (Å²) in [7, 11) is 0. The van der Waals surface area contributed by atoms with Gasteiger partial charge in [0.2, 0.25) is 0 Å². The Morgan fingerprint density at radius 1 is 1.63 bits per heavy atom. The average molecular weight is 284 g/mol. The van der Waals surface area contributed by atoms with E-state index in [1.165, 1.54) is 24.3 Å². The highest BCUT2D eigenvalue weighted by Crippen LogP contribution is 2.25. The fourth-order valence-electron chi connectivity index (χ4n) is 1.30. The van der Waals surface area contributed by atoms with Crippen molar-refractivity contribution in [3.05, 3.63) is 23.7 Å². The molecule has 1 heterocycles. The number of esters is 1. The number of nitrogens with zero attached hydrogens (tertiary/aromatic N) is 1. The standard InChI is InChI=1S/C12H16N2O4S/c1-4-6-17-12(16)14-11-13-9(7-19-11)10(5-2)18-8(3)15/h4,7,10H,1,5-6H2,2-3H3,(H,13,14,16). The van der Waals surface area contributed by atoms with Gasteiger partial charge in [-0.05, 0) is 6.42 Å². The molecular weight excluding hydrogens is 268 g/mol. The van der Waals surface area contributed by atoms with E-state index in [1.807, 2.05) is 6.92 Å². The highest BCUT2D eigenvalue weighted by Gasteiger charge is 2.17. The SMILES string of the molecule is C=CCOC(=O)Nc1nc(C(CC)OC(C)=O)cs1. The molecule has 1 aromatic rings. The summed E-state index contributed by atoms with van der Waals surface area (Å²) in [5.41, 5.74) is 0.613. The molecule has 0 radical (unpaired) electrons. The van der Waals surface area contributed by atoms with Crippen LogP contribution in [0.15, 0.2) is 18.0 Å². The van der Waals surface area contributed by atoms with Gasteiger partial charge in [0, 0.05) is 12.3 Å². The predicted octanol–water partition coefficient (Wildman–Crippen LogP) is 2.89.